The molecular weight excluding hydrogens is 346 g/mol. The summed E-state index contributed by atoms with van der Waals surface area (Å²) in [5, 5.41) is 11.3. The largest absolute Gasteiger partial charge is 0.337 e. The summed E-state index contributed by atoms with van der Waals surface area (Å²) in [5.41, 5.74) is 0.224. The number of hydrogen-bond donors (Lipinski definition) is 1. The lowest BCUT2D eigenvalue weighted by Gasteiger charge is -2.22. The summed E-state index contributed by atoms with van der Waals surface area (Å²) in [6, 6.07) is 1.16. The number of anilines is 1. The highest BCUT2D eigenvalue weighted by molar-refractivity contribution is 6.00. The Bertz CT molecular complexity index is 850. The van der Waals surface area contributed by atoms with Gasteiger partial charge >= 0.3 is 0 Å². The van der Waals surface area contributed by atoms with E-state index in [-0.39, 0.29) is 17.1 Å². The predicted octanol–water partition coefficient (Wildman–Crippen LogP) is 1.22. The summed E-state index contributed by atoms with van der Waals surface area (Å²) in [4.78, 5) is 30.9. The zero-order valence-corrected chi connectivity index (χ0v) is 15.8. The number of nitrogens with zero attached hydrogens (tertiary/aromatic N) is 6. The molecule has 4 rings (SSSR count). The second-order valence-corrected chi connectivity index (χ2v) is 7.91. The van der Waals surface area contributed by atoms with E-state index >= 15 is 0 Å². The molecule has 0 bridgehead atoms. The van der Waals surface area contributed by atoms with Crippen molar-refractivity contribution in [1.82, 2.24) is 29.9 Å². The maximum Gasteiger partial charge on any atom is 0.291 e. The SMILES string of the molecule is CN1C(=O)[C@@H](NC(=O)c2ncn(CC3(C)CCCC3)n2)CCn2nccc21. The number of carbonyl (C=O) groups excluding carboxylic acids is 2. The summed E-state index contributed by atoms with van der Waals surface area (Å²) < 4.78 is 3.51. The van der Waals surface area contributed by atoms with Gasteiger partial charge in [-0.1, -0.05) is 19.8 Å². The van der Waals surface area contributed by atoms with Gasteiger partial charge in [-0.15, -0.1) is 5.10 Å². The molecule has 2 aliphatic rings. The number of amides is 2. The monoisotopic (exact) mass is 371 g/mol. The van der Waals surface area contributed by atoms with Crippen LogP contribution >= 0.6 is 0 Å². The third-order valence-electron chi connectivity index (χ3n) is 5.70. The van der Waals surface area contributed by atoms with Gasteiger partial charge in [0.2, 0.25) is 5.82 Å². The van der Waals surface area contributed by atoms with Gasteiger partial charge in [-0.3, -0.25) is 19.2 Å². The number of likely N-dealkylation sites (N-methyl/N-ethyl adjacent to an activating group) is 1. The van der Waals surface area contributed by atoms with Crippen molar-refractivity contribution in [3.63, 3.8) is 0 Å². The first kappa shape index (κ1) is 17.7. The van der Waals surface area contributed by atoms with Gasteiger partial charge in [-0.2, -0.15) is 5.10 Å². The van der Waals surface area contributed by atoms with Gasteiger partial charge in [0, 0.05) is 26.2 Å². The van der Waals surface area contributed by atoms with Crippen LogP contribution in [0.2, 0.25) is 0 Å². The fourth-order valence-electron chi connectivity index (χ4n) is 4.11. The standard InChI is InChI=1S/C18H25N7O2/c1-18(7-3-4-8-18)11-24-12-19-15(22-24)16(26)21-13-6-10-25-14(5-9-20-25)23(2)17(13)27/h5,9,12-13H,3-4,6-8,10-11H2,1-2H3,(H,21,26)/t13-/m0/s1. The molecule has 9 nitrogen and oxygen atoms in total. The molecule has 9 heteroatoms. The van der Waals surface area contributed by atoms with Gasteiger partial charge in [-0.05, 0) is 24.7 Å². The zero-order chi connectivity index (χ0) is 19.0. The molecule has 0 radical (unpaired) electrons. The third-order valence-corrected chi connectivity index (χ3v) is 5.70. The van der Waals surface area contributed by atoms with E-state index in [1.54, 1.807) is 35.0 Å². The topological polar surface area (TPSA) is 97.9 Å². The van der Waals surface area contributed by atoms with Crippen molar-refractivity contribution in [2.24, 2.45) is 5.41 Å². The number of hydrogen-bond acceptors (Lipinski definition) is 5. The smallest absolute Gasteiger partial charge is 0.291 e. The molecular formula is C18H25N7O2. The van der Waals surface area contributed by atoms with Crippen molar-refractivity contribution in [3.8, 4) is 0 Å². The molecule has 1 atom stereocenters. The minimum Gasteiger partial charge on any atom is -0.337 e. The van der Waals surface area contributed by atoms with Gasteiger partial charge in [0.15, 0.2) is 0 Å². The van der Waals surface area contributed by atoms with Gasteiger partial charge < -0.3 is 5.32 Å². The van der Waals surface area contributed by atoms with Gasteiger partial charge in [0.05, 0.1) is 6.20 Å². The van der Waals surface area contributed by atoms with Crippen LogP contribution in [0.3, 0.4) is 0 Å². The van der Waals surface area contributed by atoms with E-state index in [1.165, 1.54) is 30.6 Å². The van der Waals surface area contributed by atoms with Gasteiger partial charge in [0.25, 0.3) is 11.8 Å². The van der Waals surface area contributed by atoms with Crippen molar-refractivity contribution in [1.29, 1.82) is 0 Å². The second-order valence-electron chi connectivity index (χ2n) is 7.91. The molecule has 0 spiro atoms. The fourth-order valence-corrected chi connectivity index (χ4v) is 4.11. The number of fused-ring (bicyclic) bond motifs is 1. The van der Waals surface area contributed by atoms with Crippen LogP contribution in [0.5, 0.6) is 0 Å². The average molecular weight is 371 g/mol. The molecule has 0 aromatic carbocycles. The van der Waals surface area contributed by atoms with Crippen LogP contribution < -0.4 is 10.2 Å². The molecule has 1 fully saturated rings. The Balaban J connectivity index is 1.42. The first-order valence-corrected chi connectivity index (χ1v) is 9.45. The predicted molar refractivity (Wildman–Crippen MR) is 98.1 cm³/mol. The zero-order valence-electron chi connectivity index (χ0n) is 15.8. The summed E-state index contributed by atoms with van der Waals surface area (Å²) >= 11 is 0. The van der Waals surface area contributed by atoms with E-state index < -0.39 is 11.9 Å². The Labute approximate surface area is 157 Å². The summed E-state index contributed by atoms with van der Waals surface area (Å²) in [7, 11) is 1.69. The third kappa shape index (κ3) is 3.45. The molecule has 1 aliphatic carbocycles. The van der Waals surface area contributed by atoms with Crippen molar-refractivity contribution < 1.29 is 9.59 Å². The molecule has 144 valence electrons. The van der Waals surface area contributed by atoms with Gasteiger partial charge in [0.1, 0.15) is 18.2 Å². The van der Waals surface area contributed by atoms with E-state index in [2.05, 4.69) is 27.4 Å². The van der Waals surface area contributed by atoms with Crippen LogP contribution in [0.1, 0.15) is 49.6 Å². The van der Waals surface area contributed by atoms with Crippen LogP contribution in [0.4, 0.5) is 5.82 Å². The van der Waals surface area contributed by atoms with Crippen molar-refractivity contribution in [2.45, 2.75) is 58.2 Å². The van der Waals surface area contributed by atoms with Crippen LogP contribution in [0.15, 0.2) is 18.6 Å². The maximum absolute atomic E-state index is 12.7. The quantitative estimate of drug-likeness (QED) is 0.871. The highest BCUT2D eigenvalue weighted by atomic mass is 16.2. The van der Waals surface area contributed by atoms with Crippen molar-refractivity contribution in [2.75, 3.05) is 11.9 Å². The lowest BCUT2D eigenvalue weighted by atomic mass is 9.89. The lowest BCUT2D eigenvalue weighted by molar-refractivity contribution is -0.120. The minimum atomic E-state index is -0.622. The Morgan fingerprint density at radius 1 is 1.37 bits per heavy atom. The number of aromatic nitrogens is 5. The second kappa shape index (κ2) is 6.79. The first-order chi connectivity index (χ1) is 13.0. The molecule has 1 aliphatic heterocycles. The number of rotatable bonds is 4. The van der Waals surface area contributed by atoms with Crippen LogP contribution in [0.25, 0.3) is 0 Å². The molecule has 0 saturated heterocycles. The summed E-state index contributed by atoms with van der Waals surface area (Å²) in [6.45, 7) is 3.58. The van der Waals surface area contributed by atoms with Crippen molar-refractivity contribution >= 4 is 17.6 Å². The Morgan fingerprint density at radius 2 is 2.15 bits per heavy atom. The van der Waals surface area contributed by atoms with Crippen LogP contribution in [0, 0.1) is 5.41 Å². The van der Waals surface area contributed by atoms with E-state index in [4.69, 9.17) is 0 Å². The molecule has 1 saturated carbocycles. The Hall–Kier alpha value is -2.71. The van der Waals surface area contributed by atoms with E-state index in [1.807, 2.05) is 0 Å². The molecule has 27 heavy (non-hydrogen) atoms. The van der Waals surface area contributed by atoms with Crippen LogP contribution in [-0.2, 0) is 17.9 Å². The minimum absolute atomic E-state index is 0.106. The molecule has 2 aromatic rings. The maximum atomic E-state index is 12.7. The average Bonchev–Trinajstić information content (AvgIpc) is 3.37. The van der Waals surface area contributed by atoms with E-state index in [0.717, 1.165) is 12.4 Å². The first-order valence-electron chi connectivity index (χ1n) is 9.45. The number of aryl methyl sites for hydroxylation is 1. The van der Waals surface area contributed by atoms with Gasteiger partial charge in [-0.25, -0.2) is 9.67 Å². The van der Waals surface area contributed by atoms with E-state index in [0.29, 0.717) is 13.0 Å². The van der Waals surface area contributed by atoms with E-state index in [9.17, 15) is 9.59 Å². The highest BCUT2D eigenvalue weighted by Gasteiger charge is 2.32. The van der Waals surface area contributed by atoms with Crippen molar-refractivity contribution in [3.05, 3.63) is 24.4 Å². The Kier molecular flexibility index (Phi) is 4.45. The normalized spacial score (nSPS) is 21.8. The summed E-state index contributed by atoms with van der Waals surface area (Å²) in [5.74, 6) is 0.245. The molecule has 1 N–H and O–H groups in total. The highest BCUT2D eigenvalue weighted by Crippen LogP contribution is 2.38. The summed E-state index contributed by atoms with van der Waals surface area (Å²) in [6.07, 6.45) is 8.58. The number of nitrogens with one attached hydrogen (secondary N) is 1. The number of carbonyl (C=O) groups is 2. The molecule has 2 amide bonds. The molecule has 3 heterocycles. The Morgan fingerprint density at radius 3 is 2.93 bits per heavy atom. The van der Waals surface area contributed by atoms with Crippen LogP contribution in [-0.4, -0.2) is 49.4 Å². The fraction of sp³-hybridized carbons (Fsp3) is 0.611. The molecule has 0 unspecified atom stereocenters. The molecule has 2 aromatic heterocycles. The lowest BCUT2D eigenvalue weighted by Crippen LogP contribution is -2.47.